The number of pyridine rings is 1. The van der Waals surface area contributed by atoms with E-state index >= 15 is 0 Å². The maximum Gasteiger partial charge on any atom is 0.354 e. The van der Waals surface area contributed by atoms with Crippen LogP contribution in [0.4, 0.5) is 0 Å². The van der Waals surface area contributed by atoms with E-state index in [-0.39, 0.29) is 5.69 Å². The number of esters is 1. The summed E-state index contributed by atoms with van der Waals surface area (Å²) in [7, 11) is 1.31. The molecule has 6 heteroatoms. The van der Waals surface area contributed by atoms with Crippen molar-refractivity contribution < 1.29 is 19.4 Å². The van der Waals surface area contributed by atoms with Gasteiger partial charge in [-0.2, -0.15) is 0 Å². The smallest absolute Gasteiger partial charge is 0.354 e. The molecule has 0 amide bonds. The molecule has 92 valence electrons. The van der Waals surface area contributed by atoms with Crippen molar-refractivity contribution in [3.63, 3.8) is 0 Å². The number of carbonyl (C=O) groups is 2. The van der Waals surface area contributed by atoms with Gasteiger partial charge in [-0.05, 0) is 18.2 Å². The first-order valence-electron chi connectivity index (χ1n) is 4.99. The van der Waals surface area contributed by atoms with Crippen molar-refractivity contribution in [3.05, 3.63) is 40.2 Å². The molecule has 2 rings (SSSR count). The SMILES string of the molecule is COC(=O)c1cc(-c2cccc(C(=O)O)n2)cs1. The highest BCUT2D eigenvalue weighted by atomic mass is 32.1. The van der Waals surface area contributed by atoms with Crippen LogP contribution < -0.4 is 0 Å². The fourth-order valence-corrected chi connectivity index (χ4v) is 2.21. The lowest BCUT2D eigenvalue weighted by atomic mass is 10.2. The van der Waals surface area contributed by atoms with Gasteiger partial charge in [0.15, 0.2) is 0 Å². The molecule has 0 aliphatic carbocycles. The number of carboxylic acid groups (broad SMARTS) is 1. The standard InChI is InChI=1S/C12H9NO4S/c1-17-12(16)10-5-7(6-18-10)8-3-2-4-9(13-8)11(14)15/h2-6H,1H3,(H,14,15). The molecule has 0 spiro atoms. The minimum Gasteiger partial charge on any atom is -0.477 e. The Morgan fingerprint density at radius 3 is 2.83 bits per heavy atom. The predicted molar refractivity (Wildman–Crippen MR) is 65.8 cm³/mol. The Morgan fingerprint density at radius 1 is 1.39 bits per heavy atom. The minimum absolute atomic E-state index is 0.0293. The highest BCUT2D eigenvalue weighted by Crippen LogP contribution is 2.24. The Labute approximate surface area is 107 Å². The monoisotopic (exact) mass is 263 g/mol. The third kappa shape index (κ3) is 2.38. The summed E-state index contributed by atoms with van der Waals surface area (Å²) >= 11 is 1.23. The van der Waals surface area contributed by atoms with Crippen molar-refractivity contribution in [2.24, 2.45) is 0 Å². The van der Waals surface area contributed by atoms with Crippen LogP contribution in [0.25, 0.3) is 11.3 Å². The molecular formula is C12H9NO4S. The van der Waals surface area contributed by atoms with E-state index in [1.807, 2.05) is 0 Å². The van der Waals surface area contributed by atoms with E-state index in [0.29, 0.717) is 16.1 Å². The molecule has 18 heavy (non-hydrogen) atoms. The van der Waals surface area contributed by atoms with Crippen molar-refractivity contribution in [1.29, 1.82) is 0 Å². The lowest BCUT2D eigenvalue weighted by Crippen LogP contribution is -2.00. The molecule has 2 aromatic rings. The van der Waals surface area contributed by atoms with Crippen LogP contribution in [-0.4, -0.2) is 29.1 Å². The highest BCUT2D eigenvalue weighted by molar-refractivity contribution is 7.12. The number of aromatic nitrogens is 1. The number of hydrogen-bond donors (Lipinski definition) is 1. The molecule has 0 fully saturated rings. The van der Waals surface area contributed by atoms with Gasteiger partial charge in [0.25, 0.3) is 0 Å². The minimum atomic E-state index is -1.08. The zero-order valence-corrected chi connectivity index (χ0v) is 10.2. The Kier molecular flexibility index (Phi) is 3.38. The largest absolute Gasteiger partial charge is 0.477 e. The lowest BCUT2D eigenvalue weighted by molar-refractivity contribution is 0.0605. The Bertz CT molecular complexity index is 606. The van der Waals surface area contributed by atoms with Gasteiger partial charge in [0.05, 0.1) is 12.8 Å². The first kappa shape index (κ1) is 12.3. The second kappa shape index (κ2) is 4.97. The molecule has 1 N–H and O–H groups in total. The Morgan fingerprint density at radius 2 is 2.17 bits per heavy atom. The Hall–Kier alpha value is -2.21. The van der Waals surface area contributed by atoms with Crippen molar-refractivity contribution in [2.75, 3.05) is 7.11 Å². The maximum absolute atomic E-state index is 11.3. The number of rotatable bonds is 3. The van der Waals surface area contributed by atoms with Gasteiger partial charge in [-0.15, -0.1) is 11.3 Å². The van der Waals surface area contributed by atoms with E-state index in [0.717, 1.165) is 0 Å². The molecule has 0 aliphatic rings. The molecule has 0 atom stereocenters. The van der Waals surface area contributed by atoms with Gasteiger partial charge in [-0.3, -0.25) is 0 Å². The third-order valence-corrected chi connectivity index (χ3v) is 3.16. The van der Waals surface area contributed by atoms with Crippen molar-refractivity contribution in [2.45, 2.75) is 0 Å². The van der Waals surface area contributed by atoms with E-state index in [1.54, 1.807) is 23.6 Å². The molecular weight excluding hydrogens is 254 g/mol. The highest BCUT2D eigenvalue weighted by Gasteiger charge is 2.12. The van der Waals surface area contributed by atoms with Crippen LogP contribution in [0.15, 0.2) is 29.6 Å². The summed E-state index contributed by atoms with van der Waals surface area (Å²) in [5.74, 6) is -1.50. The molecule has 0 aliphatic heterocycles. The zero-order chi connectivity index (χ0) is 13.1. The molecule has 0 saturated carbocycles. The quantitative estimate of drug-likeness (QED) is 0.860. The summed E-state index contributed by atoms with van der Waals surface area (Å²) in [6.07, 6.45) is 0. The predicted octanol–water partition coefficient (Wildman–Crippen LogP) is 2.29. The number of nitrogens with zero attached hydrogens (tertiary/aromatic N) is 1. The number of carbonyl (C=O) groups excluding carboxylic acids is 1. The molecule has 0 saturated heterocycles. The number of thiophene rings is 1. The van der Waals surface area contributed by atoms with Gasteiger partial charge in [-0.25, -0.2) is 14.6 Å². The third-order valence-electron chi connectivity index (χ3n) is 2.25. The lowest BCUT2D eigenvalue weighted by Gasteiger charge is -1.98. The van der Waals surface area contributed by atoms with Gasteiger partial charge in [-0.1, -0.05) is 6.07 Å². The number of aromatic carboxylic acids is 1. The summed E-state index contributed by atoms with van der Waals surface area (Å²) in [4.78, 5) is 26.6. The number of ether oxygens (including phenoxy) is 1. The summed E-state index contributed by atoms with van der Waals surface area (Å²) in [6.45, 7) is 0. The van der Waals surface area contributed by atoms with Crippen LogP contribution in [0.1, 0.15) is 20.2 Å². The summed E-state index contributed by atoms with van der Waals surface area (Å²) in [5, 5.41) is 10.6. The Balaban J connectivity index is 2.37. The van der Waals surface area contributed by atoms with Crippen LogP contribution in [0, 0.1) is 0 Å². The number of hydrogen-bond acceptors (Lipinski definition) is 5. The number of methoxy groups -OCH3 is 1. The van der Waals surface area contributed by atoms with Gasteiger partial charge < -0.3 is 9.84 Å². The average molecular weight is 263 g/mol. The number of carboxylic acids is 1. The van der Waals surface area contributed by atoms with Crippen LogP contribution in [0.2, 0.25) is 0 Å². The normalized spacial score (nSPS) is 10.1. The van der Waals surface area contributed by atoms with E-state index in [1.165, 1.54) is 24.5 Å². The van der Waals surface area contributed by atoms with Gasteiger partial charge in [0.1, 0.15) is 10.6 Å². The molecule has 2 aromatic heterocycles. The molecule has 0 radical (unpaired) electrons. The van der Waals surface area contributed by atoms with Gasteiger partial charge in [0.2, 0.25) is 0 Å². The maximum atomic E-state index is 11.3. The second-order valence-electron chi connectivity index (χ2n) is 3.40. The van der Waals surface area contributed by atoms with Crippen LogP contribution in [0.5, 0.6) is 0 Å². The fraction of sp³-hybridized carbons (Fsp3) is 0.0833. The molecule has 0 unspecified atom stereocenters. The topological polar surface area (TPSA) is 76.5 Å². The summed E-state index contributed by atoms with van der Waals surface area (Å²) in [6, 6.07) is 6.35. The van der Waals surface area contributed by atoms with Crippen LogP contribution >= 0.6 is 11.3 Å². The second-order valence-corrected chi connectivity index (χ2v) is 4.32. The van der Waals surface area contributed by atoms with Crippen molar-refractivity contribution >= 4 is 23.3 Å². The van der Waals surface area contributed by atoms with E-state index < -0.39 is 11.9 Å². The van der Waals surface area contributed by atoms with Crippen molar-refractivity contribution in [3.8, 4) is 11.3 Å². The van der Waals surface area contributed by atoms with E-state index in [2.05, 4.69) is 9.72 Å². The van der Waals surface area contributed by atoms with Crippen molar-refractivity contribution in [1.82, 2.24) is 4.98 Å². The zero-order valence-electron chi connectivity index (χ0n) is 9.41. The van der Waals surface area contributed by atoms with E-state index in [4.69, 9.17) is 5.11 Å². The molecule has 0 aromatic carbocycles. The fourth-order valence-electron chi connectivity index (χ4n) is 1.39. The summed E-state index contributed by atoms with van der Waals surface area (Å²) < 4.78 is 4.60. The van der Waals surface area contributed by atoms with E-state index in [9.17, 15) is 9.59 Å². The molecule has 0 bridgehead atoms. The molecule has 2 heterocycles. The molecule has 5 nitrogen and oxygen atoms in total. The first-order chi connectivity index (χ1) is 8.61. The van der Waals surface area contributed by atoms with Crippen LogP contribution in [-0.2, 0) is 4.74 Å². The van der Waals surface area contributed by atoms with Gasteiger partial charge in [0, 0.05) is 10.9 Å². The average Bonchev–Trinajstić information content (AvgIpc) is 2.87. The first-order valence-corrected chi connectivity index (χ1v) is 5.87. The van der Waals surface area contributed by atoms with Gasteiger partial charge >= 0.3 is 11.9 Å². The van der Waals surface area contributed by atoms with Crippen LogP contribution in [0.3, 0.4) is 0 Å². The summed E-state index contributed by atoms with van der Waals surface area (Å²) in [5.41, 5.74) is 1.18.